The van der Waals surface area contributed by atoms with Gasteiger partial charge in [-0.05, 0) is 42.8 Å². The highest BCUT2D eigenvalue weighted by Crippen LogP contribution is 2.22. The summed E-state index contributed by atoms with van der Waals surface area (Å²) in [6, 6.07) is 9.84. The maximum absolute atomic E-state index is 14.3. The van der Waals surface area contributed by atoms with Crippen LogP contribution < -0.4 is 10.1 Å². The standard InChI is InChI=1S/C26H34FNO4/c1-2-3-4-5-6-7-8-9-10-11-18-32-24-17-16-22(19-23(24)27)28-25(29)20-12-14-21(15-13-20)26(30)31/h12-17,19H,2-11,18H2,1H3,(H,28,29)(H,30,31). The smallest absolute Gasteiger partial charge is 0.335 e. The van der Waals surface area contributed by atoms with Gasteiger partial charge in [0.2, 0.25) is 0 Å². The zero-order valence-corrected chi connectivity index (χ0v) is 18.9. The van der Waals surface area contributed by atoms with Crippen molar-refractivity contribution in [2.24, 2.45) is 0 Å². The van der Waals surface area contributed by atoms with E-state index in [0.29, 0.717) is 12.3 Å². The number of anilines is 1. The fourth-order valence-electron chi connectivity index (χ4n) is 3.43. The van der Waals surface area contributed by atoms with E-state index in [0.717, 1.165) is 12.8 Å². The second-order valence-corrected chi connectivity index (χ2v) is 8.01. The van der Waals surface area contributed by atoms with Crippen LogP contribution in [0.1, 0.15) is 91.8 Å². The molecule has 0 saturated carbocycles. The van der Waals surface area contributed by atoms with Gasteiger partial charge in [0, 0.05) is 17.3 Å². The first-order chi connectivity index (χ1) is 15.5. The topological polar surface area (TPSA) is 75.6 Å². The molecule has 0 bridgehead atoms. The van der Waals surface area contributed by atoms with Gasteiger partial charge >= 0.3 is 5.97 Å². The number of hydrogen-bond acceptors (Lipinski definition) is 3. The van der Waals surface area contributed by atoms with Gasteiger partial charge in [0.05, 0.1) is 12.2 Å². The van der Waals surface area contributed by atoms with Crippen molar-refractivity contribution >= 4 is 17.6 Å². The first-order valence-electron chi connectivity index (χ1n) is 11.6. The fourth-order valence-corrected chi connectivity index (χ4v) is 3.43. The average Bonchev–Trinajstić information content (AvgIpc) is 2.78. The van der Waals surface area contributed by atoms with Crippen LogP contribution in [0.3, 0.4) is 0 Å². The summed E-state index contributed by atoms with van der Waals surface area (Å²) >= 11 is 0. The number of carbonyl (C=O) groups is 2. The lowest BCUT2D eigenvalue weighted by Crippen LogP contribution is -2.12. The first-order valence-corrected chi connectivity index (χ1v) is 11.6. The number of benzene rings is 2. The van der Waals surface area contributed by atoms with Crippen LogP contribution in [0, 0.1) is 5.82 Å². The van der Waals surface area contributed by atoms with Crippen molar-refractivity contribution in [2.45, 2.75) is 71.1 Å². The van der Waals surface area contributed by atoms with Crippen molar-refractivity contribution < 1.29 is 23.8 Å². The minimum atomic E-state index is -1.06. The molecule has 2 aromatic carbocycles. The molecule has 2 N–H and O–H groups in total. The lowest BCUT2D eigenvalue weighted by Gasteiger charge is -2.10. The molecule has 0 unspecified atom stereocenters. The Morgan fingerprint density at radius 1 is 0.844 bits per heavy atom. The molecule has 0 radical (unpaired) electrons. The van der Waals surface area contributed by atoms with Crippen molar-refractivity contribution in [2.75, 3.05) is 11.9 Å². The summed E-state index contributed by atoms with van der Waals surface area (Å²) < 4.78 is 19.9. The number of ether oxygens (including phenoxy) is 1. The number of rotatable bonds is 15. The number of carbonyl (C=O) groups excluding carboxylic acids is 1. The maximum Gasteiger partial charge on any atom is 0.335 e. The Kier molecular flexibility index (Phi) is 11.3. The van der Waals surface area contributed by atoms with E-state index in [4.69, 9.17) is 9.84 Å². The second-order valence-electron chi connectivity index (χ2n) is 8.01. The normalized spacial score (nSPS) is 10.7. The zero-order chi connectivity index (χ0) is 23.2. The van der Waals surface area contributed by atoms with E-state index in [1.54, 1.807) is 6.07 Å². The lowest BCUT2D eigenvalue weighted by atomic mass is 10.1. The lowest BCUT2D eigenvalue weighted by molar-refractivity contribution is 0.0696. The molecule has 174 valence electrons. The van der Waals surface area contributed by atoms with E-state index in [1.807, 2.05) is 0 Å². The van der Waals surface area contributed by atoms with Gasteiger partial charge in [0.1, 0.15) is 0 Å². The molecule has 1 amide bonds. The molecular weight excluding hydrogens is 409 g/mol. The molecule has 0 aromatic heterocycles. The third kappa shape index (κ3) is 9.08. The van der Waals surface area contributed by atoms with Crippen LogP contribution in [0.25, 0.3) is 0 Å². The molecule has 0 heterocycles. The SMILES string of the molecule is CCCCCCCCCCCCOc1ccc(NC(=O)c2ccc(C(=O)O)cc2)cc1F. The predicted octanol–water partition coefficient (Wildman–Crippen LogP) is 7.08. The average molecular weight is 444 g/mol. The summed E-state index contributed by atoms with van der Waals surface area (Å²) in [6.45, 7) is 2.70. The summed E-state index contributed by atoms with van der Waals surface area (Å²) in [7, 11) is 0. The molecule has 0 fully saturated rings. The van der Waals surface area contributed by atoms with E-state index >= 15 is 0 Å². The third-order valence-electron chi connectivity index (χ3n) is 5.34. The van der Waals surface area contributed by atoms with Gasteiger partial charge in [-0.25, -0.2) is 9.18 Å². The molecule has 0 saturated heterocycles. The molecule has 2 rings (SSSR count). The van der Waals surface area contributed by atoms with Crippen molar-refractivity contribution in [3.8, 4) is 5.75 Å². The van der Waals surface area contributed by atoms with Gasteiger partial charge in [-0.15, -0.1) is 0 Å². The van der Waals surface area contributed by atoms with Gasteiger partial charge in [-0.2, -0.15) is 0 Å². The van der Waals surface area contributed by atoms with E-state index in [1.165, 1.54) is 87.8 Å². The number of carboxylic acid groups (broad SMARTS) is 1. The monoisotopic (exact) mass is 443 g/mol. The highest BCUT2D eigenvalue weighted by Gasteiger charge is 2.10. The van der Waals surface area contributed by atoms with Crippen molar-refractivity contribution in [1.29, 1.82) is 0 Å². The number of hydrogen-bond donors (Lipinski definition) is 2. The van der Waals surface area contributed by atoms with Gasteiger partial charge < -0.3 is 15.2 Å². The quantitative estimate of drug-likeness (QED) is 0.289. The largest absolute Gasteiger partial charge is 0.491 e. The van der Waals surface area contributed by atoms with Crippen LogP contribution in [0.2, 0.25) is 0 Å². The molecule has 32 heavy (non-hydrogen) atoms. The van der Waals surface area contributed by atoms with Gasteiger partial charge in [-0.3, -0.25) is 4.79 Å². The molecular formula is C26H34FNO4. The van der Waals surface area contributed by atoms with Crippen LogP contribution in [-0.2, 0) is 0 Å². The van der Waals surface area contributed by atoms with E-state index < -0.39 is 17.7 Å². The highest BCUT2D eigenvalue weighted by atomic mass is 19.1. The number of carboxylic acids is 1. The van der Waals surface area contributed by atoms with Crippen LogP contribution in [0.15, 0.2) is 42.5 Å². The van der Waals surface area contributed by atoms with Crippen molar-refractivity contribution in [3.05, 3.63) is 59.4 Å². The van der Waals surface area contributed by atoms with Gasteiger partial charge in [-0.1, -0.05) is 64.7 Å². The number of unbranched alkanes of at least 4 members (excludes halogenated alkanes) is 9. The second kappa shape index (κ2) is 14.2. The Hall–Kier alpha value is -2.89. The minimum absolute atomic E-state index is 0.0940. The number of aromatic carboxylic acids is 1. The molecule has 0 aliphatic heterocycles. The summed E-state index contributed by atoms with van der Waals surface area (Å²) in [5.41, 5.74) is 0.689. The van der Waals surface area contributed by atoms with E-state index in [2.05, 4.69) is 12.2 Å². The van der Waals surface area contributed by atoms with Crippen LogP contribution >= 0.6 is 0 Å². The number of amides is 1. The maximum atomic E-state index is 14.3. The Bertz CT molecular complexity index is 851. The highest BCUT2D eigenvalue weighted by molar-refractivity contribution is 6.04. The van der Waals surface area contributed by atoms with Crippen molar-refractivity contribution in [3.63, 3.8) is 0 Å². The van der Waals surface area contributed by atoms with Gasteiger partial charge in [0.25, 0.3) is 5.91 Å². The molecule has 0 aliphatic rings. The van der Waals surface area contributed by atoms with E-state index in [-0.39, 0.29) is 16.9 Å². The predicted molar refractivity (Wildman–Crippen MR) is 125 cm³/mol. The summed E-state index contributed by atoms with van der Waals surface area (Å²) in [5, 5.41) is 11.5. The fraction of sp³-hybridized carbons (Fsp3) is 0.462. The number of nitrogens with one attached hydrogen (secondary N) is 1. The zero-order valence-electron chi connectivity index (χ0n) is 18.9. The Balaban J connectivity index is 1.67. The van der Waals surface area contributed by atoms with Crippen LogP contribution in [0.4, 0.5) is 10.1 Å². The summed E-state index contributed by atoms with van der Waals surface area (Å²) in [6.07, 6.45) is 12.3. The summed E-state index contributed by atoms with van der Waals surface area (Å²) in [4.78, 5) is 23.1. The Morgan fingerprint density at radius 3 is 1.97 bits per heavy atom. The van der Waals surface area contributed by atoms with Crippen LogP contribution in [-0.4, -0.2) is 23.6 Å². The number of halogens is 1. The molecule has 5 nitrogen and oxygen atoms in total. The Labute approximate surface area is 190 Å². The molecule has 0 atom stereocenters. The molecule has 2 aromatic rings. The van der Waals surface area contributed by atoms with Crippen molar-refractivity contribution in [1.82, 2.24) is 0 Å². The van der Waals surface area contributed by atoms with Crippen LogP contribution in [0.5, 0.6) is 5.75 Å². The van der Waals surface area contributed by atoms with E-state index in [9.17, 15) is 14.0 Å². The molecule has 0 spiro atoms. The Morgan fingerprint density at radius 2 is 1.41 bits per heavy atom. The molecule has 0 aliphatic carbocycles. The van der Waals surface area contributed by atoms with Gasteiger partial charge in [0.15, 0.2) is 11.6 Å². The summed E-state index contributed by atoms with van der Waals surface area (Å²) in [5.74, 6) is -1.87. The first kappa shape index (κ1) is 25.4. The molecule has 6 heteroatoms. The third-order valence-corrected chi connectivity index (χ3v) is 5.34. The minimum Gasteiger partial charge on any atom is -0.491 e.